The number of urea groups is 1. The van der Waals surface area contributed by atoms with E-state index in [9.17, 15) is 13.2 Å². The maximum absolute atomic E-state index is 12.7. The number of ether oxygens (including phenoxy) is 1. The van der Waals surface area contributed by atoms with Crippen molar-refractivity contribution < 1.29 is 17.9 Å². The van der Waals surface area contributed by atoms with Gasteiger partial charge >= 0.3 is 6.03 Å². The second-order valence-electron chi connectivity index (χ2n) is 7.73. The summed E-state index contributed by atoms with van der Waals surface area (Å²) in [4.78, 5) is 12.3. The predicted molar refractivity (Wildman–Crippen MR) is 108 cm³/mol. The van der Waals surface area contributed by atoms with Crippen LogP contribution in [0.5, 0.6) is 0 Å². The van der Waals surface area contributed by atoms with E-state index < -0.39 is 10.0 Å². The first-order valence-electron chi connectivity index (χ1n) is 10.1. The van der Waals surface area contributed by atoms with Gasteiger partial charge in [0.25, 0.3) is 0 Å². The van der Waals surface area contributed by atoms with Crippen molar-refractivity contribution in [2.45, 2.75) is 50.9 Å². The lowest BCUT2D eigenvalue weighted by Crippen LogP contribution is -2.46. The SMILES string of the molecule is C[C@@H]1CCCC[C@H]1NC(=O)NCc1ccccc1CS(=O)(=O)N1CCOCC1. The molecular weight excluding hydrogens is 378 g/mol. The fourth-order valence-electron chi connectivity index (χ4n) is 3.91. The standard InChI is InChI=1S/C20H31N3O4S/c1-16-6-2-5-9-19(16)22-20(24)21-14-17-7-3-4-8-18(17)15-28(25,26)23-10-12-27-13-11-23/h3-4,7-8,16,19H,2,5-6,9-15H2,1H3,(H2,21,22,24)/t16-,19-/m1/s1. The van der Waals surface area contributed by atoms with Crippen LogP contribution >= 0.6 is 0 Å². The fraction of sp³-hybridized carbons (Fsp3) is 0.650. The van der Waals surface area contributed by atoms with Gasteiger partial charge in [-0.1, -0.05) is 44.0 Å². The number of morpholine rings is 1. The Kier molecular flexibility index (Phi) is 7.31. The fourth-order valence-corrected chi connectivity index (χ4v) is 5.47. The summed E-state index contributed by atoms with van der Waals surface area (Å²) >= 11 is 0. The molecule has 1 aromatic carbocycles. The molecule has 0 radical (unpaired) electrons. The summed E-state index contributed by atoms with van der Waals surface area (Å²) in [7, 11) is -3.40. The van der Waals surface area contributed by atoms with Gasteiger partial charge in [-0.05, 0) is 29.9 Å². The third-order valence-corrected chi connectivity index (χ3v) is 7.51. The molecule has 2 fully saturated rings. The average Bonchev–Trinajstić information content (AvgIpc) is 2.69. The first kappa shape index (κ1) is 21.1. The normalized spacial score (nSPS) is 23.9. The number of rotatable bonds is 6. The molecule has 3 rings (SSSR count). The molecule has 0 unspecified atom stereocenters. The third-order valence-electron chi connectivity index (χ3n) is 5.69. The van der Waals surface area contributed by atoms with Crippen LogP contribution in [0.3, 0.4) is 0 Å². The minimum Gasteiger partial charge on any atom is -0.379 e. The highest BCUT2D eigenvalue weighted by atomic mass is 32.2. The van der Waals surface area contributed by atoms with Crippen molar-refractivity contribution in [2.24, 2.45) is 5.92 Å². The van der Waals surface area contributed by atoms with Crippen LogP contribution < -0.4 is 10.6 Å². The van der Waals surface area contributed by atoms with Gasteiger partial charge in [-0.2, -0.15) is 4.31 Å². The largest absolute Gasteiger partial charge is 0.379 e. The molecule has 7 nitrogen and oxygen atoms in total. The number of carbonyl (C=O) groups is 1. The second kappa shape index (κ2) is 9.71. The number of carbonyl (C=O) groups excluding carboxylic acids is 1. The van der Waals surface area contributed by atoms with Crippen molar-refractivity contribution in [1.29, 1.82) is 0 Å². The zero-order valence-corrected chi connectivity index (χ0v) is 17.3. The van der Waals surface area contributed by atoms with Crippen LogP contribution in [0.4, 0.5) is 4.79 Å². The Morgan fingerprint density at radius 1 is 1.14 bits per heavy atom. The molecular formula is C20H31N3O4S. The van der Waals surface area contributed by atoms with Gasteiger partial charge in [-0.25, -0.2) is 13.2 Å². The van der Waals surface area contributed by atoms with E-state index in [4.69, 9.17) is 4.74 Å². The van der Waals surface area contributed by atoms with Gasteiger partial charge in [0.2, 0.25) is 10.0 Å². The number of benzene rings is 1. The lowest BCUT2D eigenvalue weighted by molar-refractivity contribution is 0.0729. The summed E-state index contributed by atoms with van der Waals surface area (Å²) in [6.45, 7) is 4.14. The Morgan fingerprint density at radius 3 is 2.54 bits per heavy atom. The molecule has 156 valence electrons. The zero-order valence-electron chi connectivity index (χ0n) is 16.5. The van der Waals surface area contributed by atoms with Crippen molar-refractivity contribution in [2.75, 3.05) is 26.3 Å². The van der Waals surface area contributed by atoms with Crippen LogP contribution in [0.25, 0.3) is 0 Å². The Morgan fingerprint density at radius 2 is 1.82 bits per heavy atom. The van der Waals surface area contributed by atoms with Gasteiger partial charge in [-0.3, -0.25) is 0 Å². The van der Waals surface area contributed by atoms with Crippen LogP contribution in [0.15, 0.2) is 24.3 Å². The lowest BCUT2D eigenvalue weighted by atomic mass is 9.86. The molecule has 1 saturated carbocycles. The van der Waals surface area contributed by atoms with E-state index in [2.05, 4.69) is 17.6 Å². The molecule has 2 atom stereocenters. The second-order valence-corrected chi connectivity index (χ2v) is 9.70. The minimum atomic E-state index is -3.40. The number of nitrogens with one attached hydrogen (secondary N) is 2. The van der Waals surface area contributed by atoms with E-state index in [0.29, 0.717) is 38.8 Å². The third kappa shape index (κ3) is 5.68. The van der Waals surface area contributed by atoms with Gasteiger partial charge in [0, 0.05) is 25.7 Å². The number of hydrogen-bond acceptors (Lipinski definition) is 4. The van der Waals surface area contributed by atoms with E-state index in [1.807, 2.05) is 24.3 Å². The summed E-state index contributed by atoms with van der Waals surface area (Å²) in [5, 5.41) is 5.96. The Hall–Kier alpha value is -1.64. The van der Waals surface area contributed by atoms with Crippen LogP contribution in [0.1, 0.15) is 43.7 Å². The monoisotopic (exact) mass is 409 g/mol. The minimum absolute atomic E-state index is 0.0634. The molecule has 2 aliphatic rings. The van der Waals surface area contributed by atoms with E-state index in [0.717, 1.165) is 30.4 Å². The molecule has 0 spiro atoms. The van der Waals surface area contributed by atoms with Crippen molar-refractivity contribution in [3.63, 3.8) is 0 Å². The maximum atomic E-state index is 12.7. The highest BCUT2D eigenvalue weighted by Gasteiger charge is 2.26. The summed E-state index contributed by atoms with van der Waals surface area (Å²) in [6, 6.07) is 7.40. The van der Waals surface area contributed by atoms with Crippen LogP contribution in [-0.2, 0) is 27.1 Å². The smallest absolute Gasteiger partial charge is 0.315 e. The molecule has 1 aliphatic heterocycles. The maximum Gasteiger partial charge on any atom is 0.315 e. The van der Waals surface area contributed by atoms with Crippen molar-refractivity contribution in [1.82, 2.24) is 14.9 Å². The number of sulfonamides is 1. The van der Waals surface area contributed by atoms with E-state index >= 15 is 0 Å². The first-order chi connectivity index (χ1) is 13.5. The van der Waals surface area contributed by atoms with Crippen LogP contribution in [0, 0.1) is 5.92 Å². The summed E-state index contributed by atoms with van der Waals surface area (Å²) < 4.78 is 32.2. The molecule has 2 amide bonds. The predicted octanol–water partition coefficient (Wildman–Crippen LogP) is 2.23. The van der Waals surface area contributed by atoms with Gasteiger partial charge in [0.15, 0.2) is 0 Å². The molecule has 1 aromatic rings. The first-order valence-corrected chi connectivity index (χ1v) is 11.7. The zero-order chi connectivity index (χ0) is 20.0. The van der Waals surface area contributed by atoms with Crippen molar-refractivity contribution >= 4 is 16.1 Å². The highest BCUT2D eigenvalue weighted by molar-refractivity contribution is 7.88. The molecule has 1 heterocycles. The molecule has 8 heteroatoms. The Bertz CT molecular complexity index is 762. The van der Waals surface area contributed by atoms with Gasteiger partial charge < -0.3 is 15.4 Å². The van der Waals surface area contributed by atoms with Crippen LogP contribution in [0.2, 0.25) is 0 Å². The lowest BCUT2D eigenvalue weighted by Gasteiger charge is -2.29. The van der Waals surface area contributed by atoms with Crippen molar-refractivity contribution in [3.8, 4) is 0 Å². The molecule has 0 bridgehead atoms. The van der Waals surface area contributed by atoms with Gasteiger partial charge in [0.1, 0.15) is 0 Å². The number of hydrogen-bond donors (Lipinski definition) is 2. The van der Waals surface area contributed by atoms with E-state index in [1.165, 1.54) is 10.7 Å². The molecule has 0 aromatic heterocycles. The summed E-state index contributed by atoms with van der Waals surface area (Å²) in [5.74, 6) is 0.428. The number of amides is 2. The molecule has 1 saturated heterocycles. The van der Waals surface area contributed by atoms with Crippen molar-refractivity contribution in [3.05, 3.63) is 35.4 Å². The Balaban J connectivity index is 1.58. The summed E-state index contributed by atoms with van der Waals surface area (Å²) in [6.07, 6.45) is 4.54. The van der Waals surface area contributed by atoms with Gasteiger partial charge in [-0.15, -0.1) is 0 Å². The highest BCUT2D eigenvalue weighted by Crippen LogP contribution is 2.23. The van der Waals surface area contributed by atoms with E-state index in [-0.39, 0.29) is 17.8 Å². The molecule has 1 aliphatic carbocycles. The molecule has 28 heavy (non-hydrogen) atoms. The average molecular weight is 410 g/mol. The number of nitrogens with zero attached hydrogens (tertiary/aromatic N) is 1. The van der Waals surface area contributed by atoms with Crippen LogP contribution in [-0.4, -0.2) is 51.1 Å². The topological polar surface area (TPSA) is 87.7 Å². The van der Waals surface area contributed by atoms with Gasteiger partial charge in [0.05, 0.1) is 19.0 Å². The summed E-state index contributed by atoms with van der Waals surface area (Å²) in [5.41, 5.74) is 1.55. The molecule has 2 N–H and O–H groups in total. The quantitative estimate of drug-likeness (QED) is 0.754. The Labute approximate surface area is 167 Å². The van der Waals surface area contributed by atoms with E-state index in [1.54, 1.807) is 0 Å².